The molecule has 1 aromatic rings. The van der Waals surface area contributed by atoms with Gasteiger partial charge in [-0.2, -0.15) is 0 Å². The fourth-order valence-electron chi connectivity index (χ4n) is 2.74. The molecule has 0 amide bonds. The summed E-state index contributed by atoms with van der Waals surface area (Å²) in [5, 5.41) is 10.3. The number of aliphatic carboxylic acids is 1. The molecule has 1 aromatic heterocycles. The monoisotopic (exact) mass is 268 g/mol. The fraction of sp³-hybridized carbons (Fsp3) is 0.692. The second kappa shape index (κ2) is 4.97. The van der Waals surface area contributed by atoms with Crippen LogP contribution in [-0.4, -0.2) is 34.0 Å². The Hall–Kier alpha value is -0.940. The van der Waals surface area contributed by atoms with Crippen LogP contribution < -0.4 is 0 Å². The van der Waals surface area contributed by atoms with E-state index in [-0.39, 0.29) is 17.9 Å². The zero-order valence-electron chi connectivity index (χ0n) is 11.3. The van der Waals surface area contributed by atoms with Gasteiger partial charge in [0.1, 0.15) is 0 Å². The van der Waals surface area contributed by atoms with Crippen LogP contribution in [0.5, 0.6) is 0 Å². The summed E-state index contributed by atoms with van der Waals surface area (Å²) in [7, 11) is 0. The molecule has 0 saturated carbocycles. The standard InChI is InChI=1S/C13H20N2O2S/c1-7-5-15(6-11(7)13(16)17)9(3)12-8(2)14-10(4)18-12/h7,9,11H,5-6H2,1-4H3,(H,16,17)/t7-,9?,11-/m1/s1. The third-order valence-corrected chi connectivity index (χ3v) is 5.07. The number of rotatable bonds is 3. The Kier molecular flexibility index (Phi) is 3.73. The van der Waals surface area contributed by atoms with Crippen molar-refractivity contribution >= 4 is 17.3 Å². The van der Waals surface area contributed by atoms with Crippen molar-refractivity contribution in [2.75, 3.05) is 13.1 Å². The molecule has 1 aliphatic rings. The van der Waals surface area contributed by atoms with Gasteiger partial charge in [-0.3, -0.25) is 9.69 Å². The number of aryl methyl sites for hydroxylation is 2. The lowest BCUT2D eigenvalue weighted by atomic mass is 9.99. The van der Waals surface area contributed by atoms with E-state index in [1.807, 2.05) is 20.8 Å². The molecule has 1 unspecified atom stereocenters. The predicted molar refractivity (Wildman–Crippen MR) is 71.9 cm³/mol. The van der Waals surface area contributed by atoms with E-state index in [0.29, 0.717) is 6.54 Å². The largest absolute Gasteiger partial charge is 0.481 e. The van der Waals surface area contributed by atoms with Crippen LogP contribution in [0, 0.1) is 25.7 Å². The molecule has 3 atom stereocenters. The van der Waals surface area contributed by atoms with Gasteiger partial charge in [-0.15, -0.1) is 11.3 Å². The molecule has 1 saturated heterocycles. The quantitative estimate of drug-likeness (QED) is 0.915. The second-order valence-electron chi connectivity index (χ2n) is 5.23. The van der Waals surface area contributed by atoms with E-state index >= 15 is 0 Å². The summed E-state index contributed by atoms with van der Waals surface area (Å²) in [5.74, 6) is -0.685. The number of carboxylic acids is 1. The highest BCUT2D eigenvalue weighted by atomic mass is 32.1. The molecule has 0 radical (unpaired) electrons. The summed E-state index contributed by atoms with van der Waals surface area (Å²) >= 11 is 1.72. The molecule has 100 valence electrons. The summed E-state index contributed by atoms with van der Waals surface area (Å²) in [4.78, 5) is 19.1. The van der Waals surface area contributed by atoms with Crippen molar-refractivity contribution < 1.29 is 9.90 Å². The number of carboxylic acid groups (broad SMARTS) is 1. The smallest absolute Gasteiger partial charge is 0.308 e. The molecule has 5 heteroatoms. The molecule has 1 N–H and O–H groups in total. The van der Waals surface area contributed by atoms with Gasteiger partial charge >= 0.3 is 5.97 Å². The first kappa shape index (κ1) is 13.5. The normalized spacial score (nSPS) is 26.4. The van der Waals surface area contributed by atoms with Crippen molar-refractivity contribution in [1.82, 2.24) is 9.88 Å². The van der Waals surface area contributed by atoms with Gasteiger partial charge < -0.3 is 5.11 Å². The minimum Gasteiger partial charge on any atom is -0.481 e. The first-order chi connectivity index (χ1) is 8.40. The highest BCUT2D eigenvalue weighted by Crippen LogP contribution is 2.34. The molecule has 18 heavy (non-hydrogen) atoms. The van der Waals surface area contributed by atoms with Crippen molar-refractivity contribution in [2.24, 2.45) is 11.8 Å². The van der Waals surface area contributed by atoms with E-state index < -0.39 is 5.97 Å². The molecule has 0 aliphatic carbocycles. The molecule has 2 heterocycles. The SMILES string of the molecule is Cc1nc(C)c(C(C)N2C[C@@H](C)[C@H](C(=O)O)C2)s1. The van der Waals surface area contributed by atoms with Crippen LogP contribution in [0.25, 0.3) is 0 Å². The molecular weight excluding hydrogens is 248 g/mol. The topological polar surface area (TPSA) is 53.4 Å². The van der Waals surface area contributed by atoms with Crippen LogP contribution >= 0.6 is 11.3 Å². The zero-order valence-corrected chi connectivity index (χ0v) is 12.1. The van der Waals surface area contributed by atoms with Gasteiger partial charge in [0.25, 0.3) is 0 Å². The summed E-state index contributed by atoms with van der Waals surface area (Å²) < 4.78 is 0. The number of carbonyl (C=O) groups is 1. The molecule has 1 fully saturated rings. The molecule has 1 aliphatic heterocycles. The molecule has 4 nitrogen and oxygen atoms in total. The Morgan fingerprint density at radius 3 is 2.61 bits per heavy atom. The Balaban J connectivity index is 2.14. The van der Waals surface area contributed by atoms with E-state index in [9.17, 15) is 9.90 Å². The minimum absolute atomic E-state index is 0.222. The highest BCUT2D eigenvalue weighted by molar-refractivity contribution is 7.11. The molecule has 0 bridgehead atoms. The van der Waals surface area contributed by atoms with Crippen molar-refractivity contribution in [3.05, 3.63) is 15.6 Å². The number of hydrogen-bond donors (Lipinski definition) is 1. The maximum Gasteiger partial charge on any atom is 0.308 e. The van der Waals surface area contributed by atoms with Gasteiger partial charge in [-0.05, 0) is 26.7 Å². The lowest BCUT2D eigenvalue weighted by molar-refractivity contribution is -0.142. The molecular formula is C13H20N2O2S. The lowest BCUT2D eigenvalue weighted by Crippen LogP contribution is -2.26. The maximum absolute atomic E-state index is 11.2. The van der Waals surface area contributed by atoms with Crippen LogP contribution in [0.2, 0.25) is 0 Å². The molecule has 0 spiro atoms. The number of nitrogens with zero attached hydrogens (tertiary/aromatic N) is 2. The third kappa shape index (κ3) is 2.42. The maximum atomic E-state index is 11.2. The van der Waals surface area contributed by atoms with Crippen LogP contribution in [0.3, 0.4) is 0 Å². The van der Waals surface area contributed by atoms with Gasteiger partial charge in [-0.25, -0.2) is 4.98 Å². The number of aromatic nitrogens is 1. The first-order valence-corrected chi connectivity index (χ1v) is 7.12. The summed E-state index contributed by atoms with van der Waals surface area (Å²) in [6.07, 6.45) is 0. The van der Waals surface area contributed by atoms with Crippen molar-refractivity contribution in [2.45, 2.75) is 33.7 Å². The van der Waals surface area contributed by atoms with E-state index in [0.717, 1.165) is 17.2 Å². The molecule has 2 rings (SSSR count). The summed E-state index contributed by atoms with van der Waals surface area (Å²) in [5.41, 5.74) is 1.08. The lowest BCUT2D eigenvalue weighted by Gasteiger charge is -2.23. The van der Waals surface area contributed by atoms with Gasteiger partial charge in [0.05, 0.1) is 16.6 Å². The second-order valence-corrected chi connectivity index (χ2v) is 6.47. The Morgan fingerprint density at radius 2 is 2.17 bits per heavy atom. The predicted octanol–water partition coefficient (Wildman–Crippen LogP) is 2.47. The summed E-state index contributed by atoms with van der Waals surface area (Å²) in [6, 6.07) is 0.267. The zero-order chi connectivity index (χ0) is 13.4. The number of thiazole rings is 1. The van der Waals surface area contributed by atoms with E-state index in [1.54, 1.807) is 11.3 Å². The van der Waals surface area contributed by atoms with Crippen molar-refractivity contribution in [1.29, 1.82) is 0 Å². The number of hydrogen-bond acceptors (Lipinski definition) is 4. The van der Waals surface area contributed by atoms with Gasteiger partial charge in [0.15, 0.2) is 0 Å². The average molecular weight is 268 g/mol. The van der Waals surface area contributed by atoms with Crippen LogP contribution in [0.15, 0.2) is 0 Å². The summed E-state index contributed by atoms with van der Waals surface area (Å²) in [6.45, 7) is 9.72. The van der Waals surface area contributed by atoms with Crippen molar-refractivity contribution in [3.8, 4) is 0 Å². The Morgan fingerprint density at radius 1 is 1.50 bits per heavy atom. The Labute approximate surface area is 112 Å². The third-order valence-electron chi connectivity index (χ3n) is 3.82. The van der Waals surface area contributed by atoms with Crippen molar-refractivity contribution in [3.63, 3.8) is 0 Å². The van der Waals surface area contributed by atoms with E-state index in [1.165, 1.54) is 4.88 Å². The van der Waals surface area contributed by atoms with E-state index in [2.05, 4.69) is 16.8 Å². The molecule has 0 aromatic carbocycles. The van der Waals surface area contributed by atoms with Gasteiger partial charge in [0.2, 0.25) is 0 Å². The van der Waals surface area contributed by atoms with E-state index in [4.69, 9.17) is 0 Å². The number of likely N-dealkylation sites (tertiary alicyclic amines) is 1. The Bertz CT molecular complexity index is 458. The van der Waals surface area contributed by atoms with Gasteiger partial charge in [-0.1, -0.05) is 6.92 Å². The minimum atomic E-state index is -0.672. The fourth-order valence-corrected chi connectivity index (χ4v) is 3.76. The average Bonchev–Trinajstić information content (AvgIpc) is 2.81. The van der Waals surface area contributed by atoms with Gasteiger partial charge in [0, 0.05) is 24.0 Å². The first-order valence-electron chi connectivity index (χ1n) is 6.31. The van der Waals surface area contributed by atoms with Crippen LogP contribution in [0.1, 0.15) is 35.5 Å². The van der Waals surface area contributed by atoms with Crippen LogP contribution in [-0.2, 0) is 4.79 Å². The highest BCUT2D eigenvalue weighted by Gasteiger charge is 2.37. The van der Waals surface area contributed by atoms with Crippen LogP contribution in [0.4, 0.5) is 0 Å².